The van der Waals surface area contributed by atoms with Gasteiger partial charge in [-0.3, -0.25) is 0 Å². The Morgan fingerprint density at radius 1 is 1.19 bits per heavy atom. The monoisotopic (exact) mass is 298 g/mol. The summed E-state index contributed by atoms with van der Waals surface area (Å²) in [4.78, 5) is 13.8. The van der Waals surface area contributed by atoms with E-state index in [2.05, 4.69) is 5.32 Å². The number of piperidine rings is 1. The lowest BCUT2D eigenvalue weighted by molar-refractivity contribution is 0.0193. The van der Waals surface area contributed by atoms with Crippen molar-refractivity contribution in [3.05, 3.63) is 0 Å². The largest absolute Gasteiger partial charge is 0.444 e. The number of ether oxygens (including phenoxy) is 2. The van der Waals surface area contributed by atoms with Gasteiger partial charge in [0.05, 0.1) is 0 Å². The van der Waals surface area contributed by atoms with Crippen LogP contribution in [0.3, 0.4) is 0 Å². The highest BCUT2D eigenvalue weighted by Gasteiger charge is 2.27. The Morgan fingerprint density at radius 2 is 1.81 bits per heavy atom. The fraction of sp³-hybridized carbons (Fsp3) is 0.938. The van der Waals surface area contributed by atoms with Gasteiger partial charge in [-0.05, 0) is 58.9 Å². The van der Waals surface area contributed by atoms with Gasteiger partial charge in [0, 0.05) is 32.3 Å². The summed E-state index contributed by atoms with van der Waals surface area (Å²) >= 11 is 0. The standard InChI is InChI=1S/C16H30N2O3/c1-16(2,3)21-15(19)18-8-4-14(5-9-18)17-12-13-6-10-20-11-7-13/h13-14,17H,4-12H2,1-3H3. The molecule has 0 aliphatic carbocycles. The van der Waals surface area contributed by atoms with E-state index >= 15 is 0 Å². The maximum Gasteiger partial charge on any atom is 0.410 e. The van der Waals surface area contributed by atoms with Crippen molar-refractivity contribution in [1.29, 1.82) is 0 Å². The second kappa shape index (κ2) is 7.45. The van der Waals surface area contributed by atoms with Crippen molar-refractivity contribution in [2.45, 2.75) is 58.1 Å². The van der Waals surface area contributed by atoms with Gasteiger partial charge in [-0.2, -0.15) is 0 Å². The molecular formula is C16H30N2O3. The lowest BCUT2D eigenvalue weighted by atomic mass is 9.98. The van der Waals surface area contributed by atoms with Crippen molar-refractivity contribution < 1.29 is 14.3 Å². The van der Waals surface area contributed by atoms with Crippen molar-refractivity contribution in [3.8, 4) is 0 Å². The highest BCUT2D eigenvalue weighted by atomic mass is 16.6. The molecule has 0 atom stereocenters. The fourth-order valence-corrected chi connectivity index (χ4v) is 2.88. The Balaban J connectivity index is 1.64. The zero-order chi connectivity index (χ0) is 15.3. The van der Waals surface area contributed by atoms with E-state index in [1.807, 2.05) is 25.7 Å². The summed E-state index contributed by atoms with van der Waals surface area (Å²) in [5.74, 6) is 0.752. The Morgan fingerprint density at radius 3 is 2.38 bits per heavy atom. The van der Waals surface area contributed by atoms with Crippen molar-refractivity contribution >= 4 is 6.09 Å². The molecule has 21 heavy (non-hydrogen) atoms. The third-order valence-electron chi connectivity index (χ3n) is 4.18. The quantitative estimate of drug-likeness (QED) is 0.869. The van der Waals surface area contributed by atoms with Gasteiger partial charge in [0.15, 0.2) is 0 Å². The van der Waals surface area contributed by atoms with Crippen LogP contribution in [0.25, 0.3) is 0 Å². The van der Waals surface area contributed by atoms with Crippen LogP contribution in [0.5, 0.6) is 0 Å². The predicted octanol–water partition coefficient (Wildman–Crippen LogP) is 2.40. The first-order valence-corrected chi connectivity index (χ1v) is 8.23. The Hall–Kier alpha value is -0.810. The molecule has 5 heteroatoms. The van der Waals surface area contributed by atoms with Crippen LogP contribution in [0.1, 0.15) is 46.5 Å². The third kappa shape index (κ3) is 5.83. The molecule has 0 aromatic rings. The Labute approximate surface area is 128 Å². The Kier molecular flexibility index (Phi) is 5.88. The van der Waals surface area contributed by atoms with Gasteiger partial charge >= 0.3 is 6.09 Å². The van der Waals surface area contributed by atoms with Crippen LogP contribution >= 0.6 is 0 Å². The number of rotatable bonds is 3. The summed E-state index contributed by atoms with van der Waals surface area (Å²) < 4.78 is 10.8. The summed E-state index contributed by atoms with van der Waals surface area (Å²) in [6.45, 7) is 10.2. The molecule has 0 bridgehead atoms. The van der Waals surface area contributed by atoms with Crippen molar-refractivity contribution in [2.24, 2.45) is 5.92 Å². The second-order valence-corrected chi connectivity index (χ2v) is 7.21. The van der Waals surface area contributed by atoms with E-state index in [1.54, 1.807) is 0 Å². The molecule has 2 rings (SSSR count). The maximum absolute atomic E-state index is 12.0. The lowest BCUT2D eigenvalue weighted by Gasteiger charge is -2.34. The maximum atomic E-state index is 12.0. The number of hydrogen-bond donors (Lipinski definition) is 1. The fourth-order valence-electron chi connectivity index (χ4n) is 2.88. The number of likely N-dealkylation sites (tertiary alicyclic amines) is 1. The highest BCUT2D eigenvalue weighted by Crippen LogP contribution is 2.17. The van der Waals surface area contributed by atoms with Crippen LogP contribution in [0.15, 0.2) is 0 Å². The van der Waals surface area contributed by atoms with Crippen molar-refractivity contribution in [1.82, 2.24) is 10.2 Å². The number of carbonyl (C=O) groups is 1. The summed E-state index contributed by atoms with van der Waals surface area (Å²) in [6.07, 6.45) is 4.20. The van der Waals surface area contributed by atoms with E-state index in [1.165, 1.54) is 12.8 Å². The van der Waals surface area contributed by atoms with E-state index in [0.29, 0.717) is 6.04 Å². The Bertz CT molecular complexity index is 327. The normalized spacial score (nSPS) is 22.3. The van der Waals surface area contributed by atoms with E-state index in [-0.39, 0.29) is 6.09 Å². The molecule has 2 aliphatic heterocycles. The molecule has 5 nitrogen and oxygen atoms in total. The molecule has 0 aromatic carbocycles. The molecule has 0 spiro atoms. The summed E-state index contributed by atoms with van der Waals surface area (Å²) in [5, 5.41) is 3.66. The number of hydrogen-bond acceptors (Lipinski definition) is 4. The van der Waals surface area contributed by atoms with Crippen molar-refractivity contribution in [3.63, 3.8) is 0 Å². The second-order valence-electron chi connectivity index (χ2n) is 7.21. The first-order valence-electron chi connectivity index (χ1n) is 8.23. The van der Waals surface area contributed by atoms with Gasteiger partial charge in [-0.15, -0.1) is 0 Å². The topological polar surface area (TPSA) is 50.8 Å². The van der Waals surface area contributed by atoms with E-state index in [9.17, 15) is 4.79 Å². The van der Waals surface area contributed by atoms with E-state index in [4.69, 9.17) is 9.47 Å². The van der Waals surface area contributed by atoms with Crippen LogP contribution in [-0.2, 0) is 9.47 Å². The SMILES string of the molecule is CC(C)(C)OC(=O)N1CCC(NCC2CCOCC2)CC1. The minimum absolute atomic E-state index is 0.176. The molecule has 2 aliphatic rings. The lowest BCUT2D eigenvalue weighted by Crippen LogP contribution is -2.47. The van der Waals surface area contributed by atoms with Crippen LogP contribution in [-0.4, -0.2) is 55.5 Å². The molecule has 1 N–H and O–H groups in total. The van der Waals surface area contributed by atoms with Gasteiger partial charge in [0.1, 0.15) is 5.60 Å². The molecule has 0 aromatic heterocycles. The van der Waals surface area contributed by atoms with Gasteiger partial charge < -0.3 is 19.7 Å². The molecule has 1 amide bonds. The highest BCUT2D eigenvalue weighted by molar-refractivity contribution is 5.68. The number of nitrogens with one attached hydrogen (secondary N) is 1. The van der Waals surface area contributed by atoms with Crippen LogP contribution in [0.4, 0.5) is 4.79 Å². The average Bonchev–Trinajstić information content (AvgIpc) is 2.45. The predicted molar refractivity (Wildman–Crippen MR) is 82.4 cm³/mol. The summed E-state index contributed by atoms with van der Waals surface area (Å²) in [7, 11) is 0. The molecule has 2 fully saturated rings. The summed E-state index contributed by atoms with van der Waals surface area (Å²) in [6, 6.07) is 0.534. The van der Waals surface area contributed by atoms with Gasteiger partial charge in [0.25, 0.3) is 0 Å². The van der Waals surface area contributed by atoms with Crippen LogP contribution in [0, 0.1) is 5.92 Å². The van der Waals surface area contributed by atoms with Crippen LogP contribution in [0.2, 0.25) is 0 Å². The minimum Gasteiger partial charge on any atom is -0.444 e. The third-order valence-corrected chi connectivity index (χ3v) is 4.18. The zero-order valence-corrected chi connectivity index (χ0v) is 13.7. The molecular weight excluding hydrogens is 268 g/mol. The zero-order valence-electron chi connectivity index (χ0n) is 13.7. The molecule has 2 heterocycles. The number of carbonyl (C=O) groups excluding carboxylic acids is 1. The first-order chi connectivity index (χ1) is 9.94. The van der Waals surface area contributed by atoms with Crippen molar-refractivity contribution in [2.75, 3.05) is 32.8 Å². The summed E-state index contributed by atoms with van der Waals surface area (Å²) in [5.41, 5.74) is -0.408. The number of nitrogens with zero attached hydrogens (tertiary/aromatic N) is 1. The van der Waals surface area contributed by atoms with Crippen LogP contribution < -0.4 is 5.32 Å². The van der Waals surface area contributed by atoms with Gasteiger partial charge in [-0.25, -0.2) is 4.79 Å². The first kappa shape index (κ1) is 16.6. The average molecular weight is 298 g/mol. The van der Waals surface area contributed by atoms with E-state index in [0.717, 1.165) is 51.6 Å². The van der Waals surface area contributed by atoms with Gasteiger partial charge in [0.2, 0.25) is 0 Å². The van der Waals surface area contributed by atoms with Gasteiger partial charge in [-0.1, -0.05) is 0 Å². The molecule has 0 unspecified atom stereocenters. The number of amides is 1. The molecule has 0 radical (unpaired) electrons. The molecule has 2 saturated heterocycles. The molecule has 122 valence electrons. The smallest absolute Gasteiger partial charge is 0.410 e. The molecule has 0 saturated carbocycles. The van der Waals surface area contributed by atoms with E-state index < -0.39 is 5.60 Å². The minimum atomic E-state index is -0.408.